The van der Waals surface area contributed by atoms with Gasteiger partial charge in [-0.15, -0.1) is 0 Å². The van der Waals surface area contributed by atoms with Gasteiger partial charge in [0.25, 0.3) is 0 Å². The van der Waals surface area contributed by atoms with E-state index in [1.54, 1.807) is 6.08 Å². The van der Waals surface area contributed by atoms with Crippen molar-refractivity contribution in [1.29, 1.82) is 0 Å². The lowest BCUT2D eigenvalue weighted by Gasteiger charge is -2.20. The molecular weight excluding hydrogens is 795 g/mol. The zero-order valence-corrected chi connectivity index (χ0v) is 44.8. The second-order valence-electron chi connectivity index (χ2n) is 21.1. The predicted molar refractivity (Wildman–Crippen MR) is 290 cm³/mol. The van der Waals surface area contributed by atoms with E-state index >= 15 is 0 Å². The number of carbonyl (C=O) groups excluding carboxylic acids is 1. The van der Waals surface area contributed by atoms with Crippen LogP contribution in [0.5, 0.6) is 0 Å². The minimum Gasteiger partial charge on any atom is -0.394 e. The predicted octanol–water partition coefficient (Wildman–Crippen LogP) is 20.1. The Morgan fingerprint density at radius 1 is 0.354 bits per heavy atom. The van der Waals surface area contributed by atoms with E-state index in [9.17, 15) is 15.0 Å². The number of aliphatic hydroxyl groups excluding tert-OH is 2. The average Bonchev–Trinajstić information content (AvgIpc) is 3.31. The molecule has 0 radical (unpaired) electrons. The number of rotatable bonds is 57. The van der Waals surface area contributed by atoms with Crippen molar-refractivity contribution in [3.05, 3.63) is 12.2 Å². The maximum Gasteiger partial charge on any atom is 0.220 e. The maximum absolute atomic E-state index is 12.5. The molecule has 0 aromatic carbocycles. The van der Waals surface area contributed by atoms with Crippen molar-refractivity contribution in [3.8, 4) is 0 Å². The maximum atomic E-state index is 12.5. The van der Waals surface area contributed by atoms with Crippen LogP contribution in [0, 0.1) is 0 Å². The number of allylic oxidation sites excluding steroid dienone is 1. The fraction of sp³-hybridized carbons (Fsp3) is 0.951. The van der Waals surface area contributed by atoms with Crippen LogP contribution in [-0.2, 0) is 4.79 Å². The third-order valence-electron chi connectivity index (χ3n) is 14.5. The van der Waals surface area contributed by atoms with E-state index in [2.05, 4.69) is 19.2 Å². The van der Waals surface area contributed by atoms with Crippen molar-refractivity contribution < 1.29 is 15.0 Å². The van der Waals surface area contributed by atoms with Crippen LogP contribution in [0.25, 0.3) is 0 Å². The first-order chi connectivity index (χ1) is 32.2. The van der Waals surface area contributed by atoms with Gasteiger partial charge in [-0.1, -0.05) is 341 Å². The third kappa shape index (κ3) is 53.9. The van der Waals surface area contributed by atoms with Crippen LogP contribution < -0.4 is 5.32 Å². The smallest absolute Gasteiger partial charge is 0.220 e. The summed E-state index contributed by atoms with van der Waals surface area (Å²) in [5.41, 5.74) is 0. The Labute approximate surface area is 409 Å². The Hall–Kier alpha value is -0.870. The lowest BCUT2D eigenvalue weighted by atomic mass is 10.0. The summed E-state index contributed by atoms with van der Waals surface area (Å²) in [6, 6.07) is -0.619. The lowest BCUT2D eigenvalue weighted by molar-refractivity contribution is -0.123. The SMILES string of the molecule is CCCCCCCCCCCCCCCCCCCCCCCCCCCCC/C=C/C(O)C(CO)NC(=O)CCCCCCCCCCCCCCCCCCCCCCCCCC. The molecule has 0 aromatic rings. The van der Waals surface area contributed by atoms with Crippen molar-refractivity contribution in [1.82, 2.24) is 5.32 Å². The Morgan fingerprint density at radius 2 is 0.569 bits per heavy atom. The standard InChI is InChI=1S/C61H121NO3/c1-3-5-7-9-11-13-15-17-19-21-23-25-27-29-30-31-32-33-34-36-38-40-42-44-46-48-50-52-54-56-60(64)59(58-63)62-61(65)57-55-53-51-49-47-45-43-41-39-37-35-28-26-24-22-20-18-16-14-12-10-8-6-4-2/h54,56,59-60,63-64H,3-53,55,57-58H2,1-2H3,(H,62,65)/b56-54+. The van der Waals surface area contributed by atoms with E-state index < -0.39 is 12.1 Å². The van der Waals surface area contributed by atoms with Crippen molar-refractivity contribution in [3.63, 3.8) is 0 Å². The van der Waals surface area contributed by atoms with E-state index in [4.69, 9.17) is 0 Å². The van der Waals surface area contributed by atoms with Crippen molar-refractivity contribution >= 4 is 5.91 Å². The zero-order valence-electron chi connectivity index (χ0n) is 44.8. The van der Waals surface area contributed by atoms with Gasteiger partial charge < -0.3 is 15.5 Å². The molecule has 0 aliphatic heterocycles. The van der Waals surface area contributed by atoms with Gasteiger partial charge in [0, 0.05) is 6.42 Å². The fourth-order valence-corrected chi connectivity index (χ4v) is 9.89. The molecule has 2 unspecified atom stereocenters. The number of unbranched alkanes of at least 4 members (excludes halogenated alkanes) is 50. The molecular formula is C61H121NO3. The first-order valence-corrected chi connectivity index (χ1v) is 30.4. The summed E-state index contributed by atoms with van der Waals surface area (Å²) in [6.07, 6.45) is 75.4. The molecule has 0 saturated heterocycles. The van der Waals surface area contributed by atoms with E-state index in [1.807, 2.05) is 6.08 Å². The van der Waals surface area contributed by atoms with Crippen LogP contribution in [0.15, 0.2) is 12.2 Å². The second-order valence-corrected chi connectivity index (χ2v) is 21.1. The molecule has 0 bridgehead atoms. The minimum atomic E-state index is -0.836. The summed E-state index contributed by atoms with van der Waals surface area (Å²) in [7, 11) is 0. The number of hydrogen-bond donors (Lipinski definition) is 3. The summed E-state index contributed by atoms with van der Waals surface area (Å²) < 4.78 is 0. The van der Waals surface area contributed by atoms with Crippen LogP contribution in [0.3, 0.4) is 0 Å². The van der Waals surface area contributed by atoms with Gasteiger partial charge >= 0.3 is 0 Å². The molecule has 1 amide bonds. The van der Waals surface area contributed by atoms with E-state index in [0.29, 0.717) is 6.42 Å². The topological polar surface area (TPSA) is 69.6 Å². The van der Waals surface area contributed by atoms with E-state index in [1.165, 1.54) is 308 Å². The summed E-state index contributed by atoms with van der Waals surface area (Å²) >= 11 is 0. The molecule has 4 heteroatoms. The Bertz CT molecular complexity index is 905. The number of hydrogen-bond acceptors (Lipinski definition) is 3. The molecule has 0 fully saturated rings. The average molecular weight is 917 g/mol. The largest absolute Gasteiger partial charge is 0.394 e. The molecule has 0 aliphatic rings. The first kappa shape index (κ1) is 64.1. The van der Waals surface area contributed by atoms with Crippen molar-refractivity contribution in [2.24, 2.45) is 0 Å². The van der Waals surface area contributed by atoms with Gasteiger partial charge in [0.2, 0.25) is 5.91 Å². The van der Waals surface area contributed by atoms with Crippen LogP contribution in [-0.4, -0.2) is 34.9 Å². The Balaban J connectivity index is 3.43. The molecule has 0 heterocycles. The molecule has 0 aromatic heterocycles. The Morgan fingerprint density at radius 3 is 0.800 bits per heavy atom. The molecule has 388 valence electrons. The summed E-state index contributed by atoms with van der Waals surface area (Å²) in [5.74, 6) is -0.0547. The van der Waals surface area contributed by atoms with Crippen LogP contribution >= 0.6 is 0 Å². The number of nitrogens with one attached hydrogen (secondary N) is 1. The summed E-state index contributed by atoms with van der Waals surface area (Å²) in [6.45, 7) is 4.36. The van der Waals surface area contributed by atoms with Gasteiger partial charge in [0.05, 0.1) is 18.8 Å². The molecule has 0 spiro atoms. The number of amides is 1. The molecule has 0 rings (SSSR count). The normalized spacial score (nSPS) is 12.7. The Kier molecular flexibility index (Phi) is 56.7. The third-order valence-corrected chi connectivity index (χ3v) is 14.5. The van der Waals surface area contributed by atoms with Crippen LogP contribution in [0.4, 0.5) is 0 Å². The van der Waals surface area contributed by atoms with Crippen molar-refractivity contribution in [2.75, 3.05) is 6.61 Å². The van der Waals surface area contributed by atoms with Gasteiger partial charge in [-0.2, -0.15) is 0 Å². The van der Waals surface area contributed by atoms with Crippen molar-refractivity contribution in [2.45, 2.75) is 366 Å². The molecule has 0 saturated carbocycles. The summed E-state index contributed by atoms with van der Waals surface area (Å²) in [4.78, 5) is 12.5. The highest BCUT2D eigenvalue weighted by molar-refractivity contribution is 5.76. The quantitative estimate of drug-likeness (QED) is 0.0421. The van der Waals surface area contributed by atoms with E-state index in [-0.39, 0.29) is 12.5 Å². The van der Waals surface area contributed by atoms with Gasteiger partial charge in [0.1, 0.15) is 0 Å². The highest BCUT2D eigenvalue weighted by atomic mass is 16.3. The second kappa shape index (κ2) is 57.4. The fourth-order valence-electron chi connectivity index (χ4n) is 9.89. The molecule has 65 heavy (non-hydrogen) atoms. The van der Waals surface area contributed by atoms with Gasteiger partial charge in [-0.3, -0.25) is 4.79 Å². The molecule has 0 aliphatic carbocycles. The lowest BCUT2D eigenvalue weighted by Crippen LogP contribution is -2.45. The molecule has 2 atom stereocenters. The van der Waals surface area contributed by atoms with Gasteiger partial charge in [0.15, 0.2) is 0 Å². The zero-order chi connectivity index (χ0) is 47.0. The molecule has 3 N–H and O–H groups in total. The summed E-state index contributed by atoms with van der Waals surface area (Å²) in [5, 5.41) is 23.2. The van der Waals surface area contributed by atoms with Gasteiger partial charge in [-0.05, 0) is 19.3 Å². The van der Waals surface area contributed by atoms with E-state index in [0.717, 1.165) is 25.7 Å². The van der Waals surface area contributed by atoms with Gasteiger partial charge in [-0.25, -0.2) is 0 Å². The highest BCUT2D eigenvalue weighted by Gasteiger charge is 2.18. The monoisotopic (exact) mass is 916 g/mol. The minimum absolute atomic E-state index is 0.0547. The first-order valence-electron chi connectivity index (χ1n) is 30.4. The number of aliphatic hydroxyl groups is 2. The van der Waals surface area contributed by atoms with Crippen LogP contribution in [0.1, 0.15) is 354 Å². The molecule has 4 nitrogen and oxygen atoms in total. The van der Waals surface area contributed by atoms with Crippen LogP contribution in [0.2, 0.25) is 0 Å². The highest BCUT2D eigenvalue weighted by Crippen LogP contribution is 2.19. The number of carbonyl (C=O) groups is 1.